The van der Waals surface area contributed by atoms with Crippen molar-refractivity contribution in [2.45, 2.75) is 6.92 Å². The van der Waals surface area contributed by atoms with E-state index in [1.54, 1.807) is 24.4 Å². The highest BCUT2D eigenvalue weighted by atomic mass is 79.9. The first-order valence-electron chi connectivity index (χ1n) is 5.56. The first-order valence-corrected chi connectivity index (χ1v) is 6.35. The van der Waals surface area contributed by atoms with Gasteiger partial charge in [0.05, 0.1) is 0 Å². The molecule has 0 saturated heterocycles. The Hall–Kier alpha value is -1.74. The lowest BCUT2D eigenvalue weighted by molar-refractivity contribution is 0.104. The zero-order valence-electron chi connectivity index (χ0n) is 9.93. The number of carbonyl (C=O) groups is 1. The molecule has 18 heavy (non-hydrogen) atoms. The van der Waals surface area contributed by atoms with Crippen LogP contribution in [-0.2, 0) is 0 Å². The maximum absolute atomic E-state index is 11.9. The predicted molar refractivity (Wildman–Crippen MR) is 76.5 cm³/mol. The molecular weight excluding hydrogens is 290 g/mol. The van der Waals surface area contributed by atoms with Gasteiger partial charge in [-0.25, -0.2) is 0 Å². The Morgan fingerprint density at radius 1 is 1.17 bits per heavy atom. The Morgan fingerprint density at radius 3 is 2.50 bits per heavy atom. The summed E-state index contributed by atoms with van der Waals surface area (Å²) in [5.41, 5.74) is 2.50. The maximum atomic E-state index is 11.9. The van der Waals surface area contributed by atoms with Crippen LogP contribution < -0.4 is 0 Å². The summed E-state index contributed by atoms with van der Waals surface area (Å²) in [6, 6.07) is 11.4. The largest absolute Gasteiger partial charge is 0.289 e. The topological polar surface area (TPSA) is 30.0 Å². The minimum Gasteiger partial charge on any atom is -0.289 e. The summed E-state index contributed by atoms with van der Waals surface area (Å²) in [4.78, 5) is 16.0. The molecule has 0 amide bonds. The van der Waals surface area contributed by atoms with E-state index in [4.69, 9.17) is 0 Å². The first-order chi connectivity index (χ1) is 8.65. The Balaban J connectivity index is 2.11. The molecule has 0 aliphatic heterocycles. The van der Waals surface area contributed by atoms with Crippen molar-refractivity contribution >= 4 is 27.8 Å². The van der Waals surface area contributed by atoms with Crippen LogP contribution in [0.3, 0.4) is 0 Å². The molecule has 0 fully saturated rings. The van der Waals surface area contributed by atoms with Crippen molar-refractivity contribution in [1.29, 1.82) is 0 Å². The number of ketones is 1. The lowest BCUT2D eigenvalue weighted by atomic mass is 10.1. The Kier molecular flexibility index (Phi) is 4.05. The van der Waals surface area contributed by atoms with Gasteiger partial charge in [0.1, 0.15) is 0 Å². The van der Waals surface area contributed by atoms with E-state index in [0.717, 1.165) is 15.7 Å². The molecule has 0 unspecified atom stereocenters. The Morgan fingerprint density at radius 2 is 1.89 bits per heavy atom. The van der Waals surface area contributed by atoms with E-state index in [-0.39, 0.29) is 5.78 Å². The molecule has 2 nitrogen and oxygen atoms in total. The van der Waals surface area contributed by atoms with Crippen molar-refractivity contribution in [2.75, 3.05) is 0 Å². The molecule has 3 heteroatoms. The van der Waals surface area contributed by atoms with Crippen molar-refractivity contribution in [3.63, 3.8) is 0 Å². The fourth-order valence-corrected chi connectivity index (χ4v) is 1.72. The van der Waals surface area contributed by atoms with E-state index in [2.05, 4.69) is 20.9 Å². The summed E-state index contributed by atoms with van der Waals surface area (Å²) < 4.78 is 1.02. The molecule has 0 spiro atoms. The van der Waals surface area contributed by atoms with Crippen LogP contribution in [0, 0.1) is 6.92 Å². The number of nitrogens with zero attached hydrogens (tertiary/aromatic N) is 1. The van der Waals surface area contributed by atoms with Gasteiger partial charge in [-0.1, -0.05) is 34.1 Å². The molecular formula is C15H12BrNO. The summed E-state index contributed by atoms with van der Waals surface area (Å²) in [5.74, 6) is -0.0366. The van der Waals surface area contributed by atoms with Crippen LogP contribution in [0.1, 0.15) is 21.6 Å². The molecule has 0 saturated carbocycles. The lowest BCUT2D eigenvalue weighted by Crippen LogP contribution is -1.95. The van der Waals surface area contributed by atoms with Crippen LogP contribution in [0.5, 0.6) is 0 Å². The molecule has 1 heterocycles. The normalized spacial score (nSPS) is 10.8. The zero-order valence-corrected chi connectivity index (χ0v) is 11.5. The lowest BCUT2D eigenvalue weighted by Gasteiger charge is -1.96. The second kappa shape index (κ2) is 5.74. The third-order valence-electron chi connectivity index (χ3n) is 2.49. The number of hydrogen-bond acceptors (Lipinski definition) is 2. The van der Waals surface area contributed by atoms with Crippen molar-refractivity contribution in [3.05, 3.63) is 70.0 Å². The van der Waals surface area contributed by atoms with Crippen LogP contribution in [0.4, 0.5) is 0 Å². The summed E-state index contributed by atoms with van der Waals surface area (Å²) in [6.07, 6.45) is 4.97. The number of pyridine rings is 1. The summed E-state index contributed by atoms with van der Waals surface area (Å²) in [6.45, 7) is 1.89. The van der Waals surface area contributed by atoms with Gasteiger partial charge in [-0.3, -0.25) is 9.78 Å². The fraction of sp³-hybridized carbons (Fsp3) is 0.0667. The number of rotatable bonds is 3. The number of carbonyl (C=O) groups excluding carboxylic acids is 1. The summed E-state index contributed by atoms with van der Waals surface area (Å²) in [7, 11) is 0. The van der Waals surface area contributed by atoms with Crippen LogP contribution in [0.25, 0.3) is 6.08 Å². The molecule has 1 aromatic carbocycles. The highest BCUT2D eigenvalue weighted by Crippen LogP contribution is 2.12. The van der Waals surface area contributed by atoms with Crippen molar-refractivity contribution < 1.29 is 4.79 Å². The highest BCUT2D eigenvalue weighted by molar-refractivity contribution is 9.10. The van der Waals surface area contributed by atoms with Gasteiger partial charge in [-0.15, -0.1) is 0 Å². The van der Waals surface area contributed by atoms with Crippen molar-refractivity contribution in [1.82, 2.24) is 4.98 Å². The maximum Gasteiger partial charge on any atom is 0.187 e. The van der Waals surface area contributed by atoms with Crippen LogP contribution in [-0.4, -0.2) is 10.8 Å². The fourth-order valence-electron chi connectivity index (χ4n) is 1.46. The molecule has 0 aliphatic carbocycles. The molecule has 0 bridgehead atoms. The van der Waals surface area contributed by atoms with Crippen LogP contribution in [0.2, 0.25) is 0 Å². The second-order valence-electron chi connectivity index (χ2n) is 3.94. The van der Waals surface area contributed by atoms with E-state index in [0.29, 0.717) is 5.56 Å². The Bertz CT molecular complexity index is 570. The van der Waals surface area contributed by atoms with Crippen LogP contribution in [0.15, 0.2) is 53.1 Å². The first kappa shape index (κ1) is 12.7. The van der Waals surface area contributed by atoms with Gasteiger partial charge in [0.25, 0.3) is 0 Å². The molecule has 1 aromatic heterocycles. The van der Waals surface area contributed by atoms with E-state index < -0.39 is 0 Å². The minimum atomic E-state index is -0.0366. The average Bonchev–Trinajstić information content (AvgIpc) is 2.38. The van der Waals surface area contributed by atoms with Gasteiger partial charge in [0, 0.05) is 21.9 Å². The third-order valence-corrected chi connectivity index (χ3v) is 3.02. The van der Waals surface area contributed by atoms with E-state index in [1.807, 2.05) is 37.3 Å². The van der Waals surface area contributed by atoms with Gasteiger partial charge in [-0.05, 0) is 42.8 Å². The molecule has 0 N–H and O–H groups in total. The standard InChI is InChI=1S/C15H12BrNO/c1-11-2-6-13(10-17-11)15(18)9-5-12-3-7-14(16)8-4-12/h2-10H,1H3/b9-5+. The SMILES string of the molecule is Cc1ccc(C(=O)/C=C/c2ccc(Br)cc2)cn1. The summed E-state index contributed by atoms with van der Waals surface area (Å²) in [5, 5.41) is 0. The van der Waals surface area contributed by atoms with Crippen molar-refractivity contribution in [2.24, 2.45) is 0 Å². The van der Waals surface area contributed by atoms with E-state index in [1.165, 1.54) is 0 Å². The second-order valence-corrected chi connectivity index (χ2v) is 4.85. The van der Waals surface area contributed by atoms with Gasteiger partial charge >= 0.3 is 0 Å². The highest BCUT2D eigenvalue weighted by Gasteiger charge is 2.01. The quantitative estimate of drug-likeness (QED) is 0.632. The molecule has 2 rings (SSSR count). The number of benzene rings is 1. The van der Waals surface area contributed by atoms with Gasteiger partial charge in [0.15, 0.2) is 5.78 Å². The molecule has 90 valence electrons. The zero-order chi connectivity index (χ0) is 13.0. The van der Waals surface area contributed by atoms with Gasteiger partial charge < -0.3 is 0 Å². The number of hydrogen-bond donors (Lipinski definition) is 0. The van der Waals surface area contributed by atoms with E-state index >= 15 is 0 Å². The molecule has 2 aromatic rings. The average molecular weight is 302 g/mol. The third kappa shape index (κ3) is 3.37. The number of halogens is 1. The molecule has 0 radical (unpaired) electrons. The number of aryl methyl sites for hydroxylation is 1. The smallest absolute Gasteiger partial charge is 0.187 e. The van der Waals surface area contributed by atoms with Gasteiger partial charge in [-0.2, -0.15) is 0 Å². The Labute approximate surface area is 115 Å². The molecule has 0 aliphatic rings. The van der Waals surface area contributed by atoms with Crippen LogP contribution >= 0.6 is 15.9 Å². The number of allylic oxidation sites excluding steroid dienone is 1. The van der Waals surface area contributed by atoms with Gasteiger partial charge in [0.2, 0.25) is 0 Å². The predicted octanol–water partition coefficient (Wildman–Crippen LogP) is 4.05. The number of aromatic nitrogens is 1. The van der Waals surface area contributed by atoms with Crippen molar-refractivity contribution in [3.8, 4) is 0 Å². The monoisotopic (exact) mass is 301 g/mol. The van der Waals surface area contributed by atoms with E-state index in [9.17, 15) is 4.79 Å². The summed E-state index contributed by atoms with van der Waals surface area (Å²) >= 11 is 3.37. The minimum absolute atomic E-state index is 0.0366. The molecule has 0 atom stereocenters.